The first-order valence-electron chi connectivity index (χ1n) is 7.73. The molecule has 1 heterocycles. The maximum absolute atomic E-state index is 12.4. The molecule has 2 rings (SSSR count). The van der Waals surface area contributed by atoms with Crippen LogP contribution < -0.4 is 0 Å². The Morgan fingerprint density at radius 2 is 1.57 bits per heavy atom. The van der Waals surface area contributed by atoms with E-state index < -0.39 is 0 Å². The molecule has 0 aromatic heterocycles. The monoisotopic (exact) mass is 354 g/mol. The second-order valence-corrected chi connectivity index (χ2v) is 8.82. The summed E-state index contributed by atoms with van der Waals surface area (Å²) in [4.78, 5) is 28.3. The van der Waals surface area contributed by atoms with Crippen LogP contribution >= 0.6 is 23.4 Å². The summed E-state index contributed by atoms with van der Waals surface area (Å²) in [6.07, 6.45) is 0. The van der Waals surface area contributed by atoms with Crippen LogP contribution in [0.4, 0.5) is 0 Å². The van der Waals surface area contributed by atoms with Crippen LogP contribution in [0.25, 0.3) is 0 Å². The first-order valence-corrected chi connectivity index (χ1v) is 9.09. The fraction of sp³-hybridized carbons (Fsp3) is 0.529. The Kier molecular flexibility index (Phi) is 5.98. The van der Waals surface area contributed by atoms with E-state index in [1.165, 1.54) is 0 Å². The van der Waals surface area contributed by atoms with E-state index in [4.69, 9.17) is 11.6 Å². The molecule has 1 saturated heterocycles. The van der Waals surface area contributed by atoms with Crippen LogP contribution in [0.5, 0.6) is 0 Å². The molecule has 1 aromatic carbocycles. The van der Waals surface area contributed by atoms with Gasteiger partial charge in [0.05, 0.1) is 5.75 Å². The van der Waals surface area contributed by atoms with Crippen LogP contribution in [0.2, 0.25) is 5.02 Å². The van der Waals surface area contributed by atoms with Gasteiger partial charge in [-0.05, 0) is 24.3 Å². The summed E-state index contributed by atoms with van der Waals surface area (Å²) in [6, 6.07) is 6.92. The molecule has 0 atom stereocenters. The van der Waals surface area contributed by atoms with Gasteiger partial charge in [-0.1, -0.05) is 32.4 Å². The lowest BCUT2D eigenvalue weighted by Gasteiger charge is -2.35. The molecule has 0 radical (unpaired) electrons. The molecule has 0 spiro atoms. The van der Waals surface area contributed by atoms with Crippen molar-refractivity contribution in [2.75, 3.05) is 31.9 Å². The minimum Gasteiger partial charge on any atom is -0.338 e. The van der Waals surface area contributed by atoms with E-state index in [1.807, 2.05) is 4.90 Å². The average molecular weight is 355 g/mol. The Hall–Kier alpha value is -1.20. The van der Waals surface area contributed by atoms with Gasteiger partial charge in [0.25, 0.3) is 5.91 Å². The third-order valence-electron chi connectivity index (χ3n) is 3.64. The molecule has 23 heavy (non-hydrogen) atoms. The van der Waals surface area contributed by atoms with Gasteiger partial charge in [-0.25, -0.2) is 0 Å². The van der Waals surface area contributed by atoms with Gasteiger partial charge in [0.2, 0.25) is 5.91 Å². The van der Waals surface area contributed by atoms with E-state index in [-0.39, 0.29) is 16.6 Å². The number of halogens is 1. The van der Waals surface area contributed by atoms with Gasteiger partial charge in [0.15, 0.2) is 0 Å². The van der Waals surface area contributed by atoms with Crippen molar-refractivity contribution in [3.63, 3.8) is 0 Å². The smallest absolute Gasteiger partial charge is 0.253 e. The fourth-order valence-electron chi connectivity index (χ4n) is 2.30. The van der Waals surface area contributed by atoms with E-state index >= 15 is 0 Å². The molecule has 1 fully saturated rings. The molecule has 126 valence electrons. The highest BCUT2D eigenvalue weighted by atomic mass is 35.5. The Morgan fingerprint density at radius 3 is 2.09 bits per heavy atom. The predicted octanol–water partition coefficient (Wildman–Crippen LogP) is 3.16. The predicted molar refractivity (Wildman–Crippen MR) is 96.1 cm³/mol. The Morgan fingerprint density at radius 1 is 1.04 bits per heavy atom. The van der Waals surface area contributed by atoms with Crippen molar-refractivity contribution < 1.29 is 9.59 Å². The second kappa shape index (κ2) is 7.58. The summed E-state index contributed by atoms with van der Waals surface area (Å²) >= 11 is 7.50. The van der Waals surface area contributed by atoms with Crippen LogP contribution in [-0.4, -0.2) is 58.3 Å². The Balaban J connectivity index is 1.84. The zero-order valence-electron chi connectivity index (χ0n) is 13.8. The van der Waals surface area contributed by atoms with E-state index in [0.717, 1.165) is 0 Å². The topological polar surface area (TPSA) is 40.6 Å². The molecule has 4 nitrogen and oxygen atoms in total. The van der Waals surface area contributed by atoms with E-state index in [0.29, 0.717) is 42.5 Å². The number of nitrogens with zero attached hydrogens (tertiary/aromatic N) is 2. The summed E-state index contributed by atoms with van der Waals surface area (Å²) < 4.78 is 0.0853. The molecule has 6 heteroatoms. The van der Waals surface area contributed by atoms with Crippen molar-refractivity contribution in [2.45, 2.75) is 25.5 Å². The quantitative estimate of drug-likeness (QED) is 0.837. The van der Waals surface area contributed by atoms with Gasteiger partial charge >= 0.3 is 0 Å². The molecule has 0 aliphatic carbocycles. The van der Waals surface area contributed by atoms with Gasteiger partial charge in [0.1, 0.15) is 0 Å². The maximum Gasteiger partial charge on any atom is 0.253 e. The number of amides is 2. The van der Waals surface area contributed by atoms with Crippen molar-refractivity contribution >= 4 is 35.2 Å². The molecule has 1 aliphatic heterocycles. The molecule has 1 aromatic rings. The highest BCUT2D eigenvalue weighted by Crippen LogP contribution is 2.23. The first kappa shape index (κ1) is 18.1. The van der Waals surface area contributed by atoms with E-state index in [1.54, 1.807) is 40.9 Å². The number of piperazine rings is 1. The summed E-state index contributed by atoms with van der Waals surface area (Å²) in [6.45, 7) is 8.67. The van der Waals surface area contributed by atoms with E-state index in [9.17, 15) is 9.59 Å². The Labute approximate surface area is 147 Å². The highest BCUT2D eigenvalue weighted by Gasteiger charge is 2.25. The largest absolute Gasteiger partial charge is 0.338 e. The highest BCUT2D eigenvalue weighted by molar-refractivity contribution is 8.01. The molecular formula is C17H23ClN2O2S. The number of carbonyl (C=O) groups excluding carboxylic acids is 2. The number of hydrogen-bond acceptors (Lipinski definition) is 3. The van der Waals surface area contributed by atoms with Crippen molar-refractivity contribution in [3.05, 3.63) is 34.9 Å². The summed E-state index contributed by atoms with van der Waals surface area (Å²) in [5, 5.41) is 0.619. The number of thioether (sulfide) groups is 1. The Bertz CT molecular complexity index is 561. The number of carbonyl (C=O) groups is 2. The molecule has 0 saturated carbocycles. The van der Waals surface area contributed by atoms with Gasteiger partial charge in [-0.3, -0.25) is 9.59 Å². The molecular weight excluding hydrogens is 332 g/mol. The van der Waals surface area contributed by atoms with Crippen LogP contribution in [0.1, 0.15) is 31.1 Å². The molecule has 0 bridgehead atoms. The van der Waals surface area contributed by atoms with Crippen molar-refractivity contribution in [1.82, 2.24) is 9.80 Å². The first-order chi connectivity index (χ1) is 10.8. The van der Waals surface area contributed by atoms with E-state index in [2.05, 4.69) is 20.8 Å². The lowest BCUT2D eigenvalue weighted by Crippen LogP contribution is -2.51. The van der Waals surface area contributed by atoms with Crippen LogP contribution in [0, 0.1) is 0 Å². The van der Waals surface area contributed by atoms with Crippen LogP contribution in [0.15, 0.2) is 24.3 Å². The van der Waals surface area contributed by atoms with Crippen LogP contribution in [-0.2, 0) is 4.79 Å². The second-order valence-electron chi connectivity index (χ2n) is 6.58. The lowest BCUT2D eigenvalue weighted by molar-refractivity contribution is -0.129. The van der Waals surface area contributed by atoms with Gasteiger partial charge in [-0.15, -0.1) is 11.8 Å². The SMILES string of the molecule is CC(C)(C)SCC(=O)N1CCN(C(=O)c2ccc(Cl)cc2)CC1. The normalized spacial score (nSPS) is 15.7. The average Bonchev–Trinajstić information content (AvgIpc) is 2.52. The number of benzene rings is 1. The molecule has 0 N–H and O–H groups in total. The van der Waals surface area contributed by atoms with Crippen molar-refractivity contribution in [2.24, 2.45) is 0 Å². The zero-order valence-corrected chi connectivity index (χ0v) is 15.4. The molecule has 1 aliphatic rings. The van der Waals surface area contributed by atoms with Gasteiger partial charge < -0.3 is 9.80 Å². The third kappa shape index (κ3) is 5.43. The lowest BCUT2D eigenvalue weighted by atomic mass is 10.2. The molecule has 2 amide bonds. The minimum atomic E-state index is -0.00201. The standard InChI is InChI=1S/C17H23ClN2O2S/c1-17(2,3)23-12-15(21)19-8-10-20(11-9-19)16(22)13-4-6-14(18)7-5-13/h4-7H,8-12H2,1-3H3. The summed E-state index contributed by atoms with van der Waals surface area (Å²) in [5.74, 6) is 0.649. The van der Waals surface area contributed by atoms with Crippen molar-refractivity contribution in [1.29, 1.82) is 0 Å². The maximum atomic E-state index is 12.4. The van der Waals surface area contributed by atoms with Crippen molar-refractivity contribution in [3.8, 4) is 0 Å². The molecule has 0 unspecified atom stereocenters. The summed E-state index contributed by atoms with van der Waals surface area (Å²) in [7, 11) is 0. The number of rotatable bonds is 3. The minimum absolute atomic E-state index is 0.00201. The summed E-state index contributed by atoms with van der Waals surface area (Å²) in [5.41, 5.74) is 0.637. The third-order valence-corrected chi connectivity index (χ3v) is 5.15. The number of hydrogen-bond donors (Lipinski definition) is 0. The zero-order chi connectivity index (χ0) is 17.0. The van der Waals surface area contributed by atoms with Gasteiger partial charge in [0, 0.05) is 41.5 Å². The fourth-order valence-corrected chi connectivity index (χ4v) is 3.17. The van der Waals surface area contributed by atoms with Gasteiger partial charge in [-0.2, -0.15) is 0 Å². The van der Waals surface area contributed by atoms with Crippen LogP contribution in [0.3, 0.4) is 0 Å².